The van der Waals surface area contributed by atoms with E-state index in [9.17, 15) is 4.79 Å². The molecule has 1 heterocycles. The summed E-state index contributed by atoms with van der Waals surface area (Å²) in [6.07, 6.45) is 1.65. The molecule has 0 unspecified atom stereocenters. The minimum absolute atomic E-state index is 0.0716. The van der Waals surface area contributed by atoms with Crippen LogP contribution in [0.15, 0.2) is 48.5 Å². The fourth-order valence-corrected chi connectivity index (χ4v) is 3.77. The maximum atomic E-state index is 11.4. The molecule has 0 spiro atoms. The van der Waals surface area contributed by atoms with Crippen LogP contribution in [0.4, 0.5) is 0 Å². The molecule has 0 saturated heterocycles. The fourth-order valence-electron chi connectivity index (χ4n) is 3.60. The van der Waals surface area contributed by atoms with E-state index in [2.05, 4.69) is 4.98 Å². The Labute approximate surface area is 168 Å². The summed E-state index contributed by atoms with van der Waals surface area (Å²) in [4.78, 5) is 15.9. The number of nitrogens with zero attached hydrogens (tertiary/aromatic N) is 1. The Bertz CT molecular complexity index is 1010. The number of hydrogen-bond acceptors (Lipinski definition) is 4. The van der Waals surface area contributed by atoms with Gasteiger partial charge in [0.1, 0.15) is 12.4 Å². The summed E-state index contributed by atoms with van der Waals surface area (Å²) in [7, 11) is 0. The number of aryl methyl sites for hydroxylation is 1. The first kappa shape index (κ1) is 18.7. The summed E-state index contributed by atoms with van der Waals surface area (Å²) >= 11 is 6.08. The third-order valence-electron chi connectivity index (χ3n) is 5.17. The zero-order valence-corrected chi connectivity index (χ0v) is 16.2. The van der Waals surface area contributed by atoms with Gasteiger partial charge in [-0.2, -0.15) is 0 Å². The number of ether oxygens (including phenoxy) is 1. The van der Waals surface area contributed by atoms with Gasteiger partial charge in [0.25, 0.3) is 0 Å². The topological polar surface area (TPSA) is 71.5 Å². The van der Waals surface area contributed by atoms with Gasteiger partial charge in [-0.05, 0) is 61.6 Å². The van der Waals surface area contributed by atoms with Crippen LogP contribution in [0.1, 0.15) is 23.2 Å². The number of nitrogens with one attached hydrogen (secondary N) is 1. The second kappa shape index (κ2) is 7.78. The van der Waals surface area contributed by atoms with E-state index < -0.39 is 0 Å². The van der Waals surface area contributed by atoms with E-state index in [0.29, 0.717) is 17.5 Å². The van der Waals surface area contributed by atoms with Crippen LogP contribution in [0.3, 0.4) is 0 Å². The second-order valence-corrected chi connectivity index (χ2v) is 7.74. The van der Waals surface area contributed by atoms with Crippen LogP contribution in [-0.4, -0.2) is 16.1 Å². The normalized spacial score (nSPS) is 18.1. The molecular formula is C22H21ClN2O3. The number of benzene rings is 2. The predicted octanol–water partition coefficient (Wildman–Crippen LogP) is 4.46. The molecule has 1 aliphatic rings. The van der Waals surface area contributed by atoms with Crippen LogP contribution in [0, 0.1) is 18.8 Å². The molecule has 0 radical (unpaired) electrons. The lowest BCUT2D eigenvalue weighted by molar-refractivity contribution is -0.130. The summed E-state index contributed by atoms with van der Waals surface area (Å²) < 4.78 is 5.98. The SMILES string of the molecule is Cc1cc(COc2ccc(C[C@@H]3C[C@@H]3C(=O)NO)cc2)c2ccc(Cl)cc2n1. The molecule has 1 fully saturated rings. The van der Waals surface area contributed by atoms with Crippen LogP contribution >= 0.6 is 11.6 Å². The van der Waals surface area contributed by atoms with Gasteiger partial charge in [0.2, 0.25) is 5.91 Å². The van der Waals surface area contributed by atoms with E-state index in [4.69, 9.17) is 21.5 Å². The van der Waals surface area contributed by atoms with Crippen LogP contribution in [0.5, 0.6) is 5.75 Å². The maximum absolute atomic E-state index is 11.4. The fraction of sp³-hybridized carbons (Fsp3) is 0.273. The molecule has 0 bridgehead atoms. The van der Waals surface area contributed by atoms with Gasteiger partial charge < -0.3 is 4.74 Å². The largest absolute Gasteiger partial charge is 0.489 e. The van der Waals surface area contributed by atoms with Gasteiger partial charge in [-0.25, -0.2) is 5.48 Å². The van der Waals surface area contributed by atoms with E-state index in [1.807, 2.05) is 55.5 Å². The molecular weight excluding hydrogens is 376 g/mol. The highest BCUT2D eigenvalue weighted by atomic mass is 35.5. The van der Waals surface area contributed by atoms with Gasteiger partial charge in [-0.1, -0.05) is 29.8 Å². The molecule has 2 atom stereocenters. The Morgan fingerprint density at radius 2 is 2.04 bits per heavy atom. The lowest BCUT2D eigenvalue weighted by atomic mass is 10.1. The third-order valence-corrected chi connectivity index (χ3v) is 5.41. The summed E-state index contributed by atoms with van der Waals surface area (Å²) in [5.74, 6) is 0.737. The van der Waals surface area contributed by atoms with Crippen LogP contribution in [0.25, 0.3) is 10.9 Å². The highest BCUT2D eigenvalue weighted by Crippen LogP contribution is 2.41. The number of carbonyl (C=O) groups excluding carboxylic acids is 1. The van der Waals surface area contributed by atoms with Gasteiger partial charge >= 0.3 is 0 Å². The molecule has 28 heavy (non-hydrogen) atoms. The smallest absolute Gasteiger partial charge is 0.246 e. The average molecular weight is 397 g/mol. The van der Waals surface area contributed by atoms with E-state index >= 15 is 0 Å². The number of pyridine rings is 1. The first-order chi connectivity index (χ1) is 13.5. The first-order valence-corrected chi connectivity index (χ1v) is 9.63. The molecule has 1 saturated carbocycles. The molecule has 0 aliphatic heterocycles. The van der Waals surface area contributed by atoms with Crippen LogP contribution < -0.4 is 10.2 Å². The quantitative estimate of drug-likeness (QED) is 0.476. The predicted molar refractivity (Wildman–Crippen MR) is 107 cm³/mol. The zero-order chi connectivity index (χ0) is 19.7. The standard InChI is InChI=1S/C22H21ClN2O3/c1-13-8-16(19-7-4-17(23)11-21(19)24-13)12-28-18-5-2-14(3-6-18)9-15-10-20(15)22(26)25-27/h2-8,11,15,20,27H,9-10,12H2,1H3,(H,25,26)/t15-,20+/m1/s1. The van der Waals surface area contributed by atoms with Gasteiger partial charge in [0, 0.05) is 27.6 Å². The molecule has 5 nitrogen and oxygen atoms in total. The number of hydrogen-bond donors (Lipinski definition) is 2. The van der Waals surface area contributed by atoms with Crippen LogP contribution in [0.2, 0.25) is 5.02 Å². The lowest BCUT2D eigenvalue weighted by Crippen LogP contribution is -2.21. The Hall–Kier alpha value is -2.63. The molecule has 1 aliphatic carbocycles. The Balaban J connectivity index is 1.41. The van der Waals surface area contributed by atoms with Crippen molar-refractivity contribution in [3.63, 3.8) is 0 Å². The number of carbonyl (C=O) groups is 1. The van der Waals surface area contributed by atoms with Crippen molar-refractivity contribution in [1.29, 1.82) is 0 Å². The van der Waals surface area contributed by atoms with Gasteiger partial charge in [0.05, 0.1) is 5.52 Å². The highest BCUT2D eigenvalue weighted by molar-refractivity contribution is 6.31. The average Bonchev–Trinajstić information content (AvgIpc) is 3.45. The number of rotatable bonds is 6. The Morgan fingerprint density at radius 1 is 1.25 bits per heavy atom. The van der Waals surface area contributed by atoms with E-state index in [1.165, 1.54) is 0 Å². The first-order valence-electron chi connectivity index (χ1n) is 9.25. The van der Waals surface area contributed by atoms with Crippen molar-refractivity contribution in [2.24, 2.45) is 11.8 Å². The minimum atomic E-state index is -0.286. The molecule has 6 heteroatoms. The van der Waals surface area contributed by atoms with Crippen molar-refractivity contribution in [1.82, 2.24) is 10.5 Å². The van der Waals surface area contributed by atoms with Crippen molar-refractivity contribution >= 4 is 28.4 Å². The Morgan fingerprint density at radius 3 is 2.79 bits per heavy atom. The molecule has 1 aromatic heterocycles. The summed E-state index contributed by atoms with van der Waals surface area (Å²) in [5, 5.41) is 10.4. The maximum Gasteiger partial charge on any atom is 0.246 e. The molecule has 2 N–H and O–H groups in total. The molecule has 2 aromatic carbocycles. The number of amides is 1. The van der Waals surface area contributed by atoms with Crippen molar-refractivity contribution in [2.75, 3.05) is 0 Å². The molecule has 4 rings (SSSR count). The van der Waals surface area contributed by atoms with Crippen molar-refractivity contribution in [2.45, 2.75) is 26.4 Å². The van der Waals surface area contributed by atoms with E-state index in [-0.39, 0.29) is 11.8 Å². The van der Waals surface area contributed by atoms with Gasteiger partial charge in [-0.3, -0.25) is 15.0 Å². The van der Waals surface area contributed by atoms with Crippen molar-refractivity contribution in [3.05, 3.63) is 70.4 Å². The van der Waals surface area contributed by atoms with Crippen molar-refractivity contribution in [3.8, 4) is 5.75 Å². The Kier molecular flexibility index (Phi) is 5.20. The number of fused-ring (bicyclic) bond motifs is 1. The monoisotopic (exact) mass is 396 g/mol. The zero-order valence-electron chi connectivity index (χ0n) is 15.5. The summed E-state index contributed by atoms with van der Waals surface area (Å²) in [6.45, 7) is 2.41. The number of hydroxylamine groups is 1. The lowest BCUT2D eigenvalue weighted by Gasteiger charge is -2.11. The molecule has 1 amide bonds. The summed E-state index contributed by atoms with van der Waals surface area (Å²) in [5.41, 5.74) is 5.75. The summed E-state index contributed by atoms with van der Waals surface area (Å²) in [6, 6.07) is 15.7. The van der Waals surface area contributed by atoms with E-state index in [1.54, 1.807) is 5.48 Å². The number of aromatic nitrogens is 1. The minimum Gasteiger partial charge on any atom is -0.489 e. The van der Waals surface area contributed by atoms with E-state index in [0.717, 1.165) is 46.3 Å². The molecule has 3 aromatic rings. The third kappa shape index (κ3) is 4.11. The van der Waals surface area contributed by atoms with Gasteiger partial charge in [0.15, 0.2) is 0 Å². The van der Waals surface area contributed by atoms with Crippen LogP contribution in [-0.2, 0) is 17.8 Å². The highest BCUT2D eigenvalue weighted by Gasteiger charge is 2.42. The van der Waals surface area contributed by atoms with Crippen molar-refractivity contribution < 1.29 is 14.7 Å². The van der Waals surface area contributed by atoms with Gasteiger partial charge in [-0.15, -0.1) is 0 Å². The molecule has 144 valence electrons. The second-order valence-electron chi connectivity index (χ2n) is 7.30. The number of halogens is 1.